The number of carbonyl (C=O) groups excluding carboxylic acids is 1. The highest BCUT2D eigenvalue weighted by atomic mass is 79.9. The fourth-order valence-corrected chi connectivity index (χ4v) is 3.12. The van der Waals surface area contributed by atoms with Crippen LogP contribution < -0.4 is 16.7 Å². The number of aromatic nitrogens is 2. The Kier molecular flexibility index (Phi) is 5.43. The minimum Gasteiger partial charge on any atom is -0.289 e. The minimum absolute atomic E-state index is 0.329. The third-order valence-corrected chi connectivity index (χ3v) is 4.63. The first-order chi connectivity index (χ1) is 12.4. The molecule has 6 nitrogen and oxygen atoms in total. The topological polar surface area (TPSA) is 90.0 Å². The average molecular weight is 454 g/mol. The molecule has 0 aliphatic heterocycles. The van der Waals surface area contributed by atoms with Crippen molar-refractivity contribution in [3.63, 3.8) is 0 Å². The number of carbonyl (C=O) groups is 1. The van der Waals surface area contributed by atoms with E-state index in [2.05, 4.69) is 21.0 Å². The first kappa shape index (κ1) is 18.6. The molecule has 0 saturated carbocycles. The van der Waals surface area contributed by atoms with Crippen molar-refractivity contribution in [2.45, 2.75) is 0 Å². The van der Waals surface area contributed by atoms with Crippen molar-refractivity contribution < 1.29 is 4.79 Å². The standard InChI is InChI=1S/C17H11BrCl2N4O2/c18-9-1-4-11(5-2-9)24-14(12-6-3-10(19)7-13(12)20)8-15(25)16(23-24)17(26)22-21/h1-8H,21H2,(H,22,26). The molecule has 1 heterocycles. The van der Waals surface area contributed by atoms with Crippen molar-refractivity contribution in [2.24, 2.45) is 5.84 Å². The zero-order valence-corrected chi connectivity index (χ0v) is 16.1. The van der Waals surface area contributed by atoms with E-state index in [-0.39, 0.29) is 5.69 Å². The number of hydrogen-bond donors (Lipinski definition) is 2. The van der Waals surface area contributed by atoms with E-state index in [0.717, 1.165) is 4.47 Å². The molecule has 0 unspecified atom stereocenters. The SMILES string of the molecule is NNC(=O)c1nn(-c2ccc(Br)cc2)c(-c2ccc(Cl)cc2Cl)cc1=O. The number of nitrogen functional groups attached to an aromatic ring is 1. The molecule has 0 fully saturated rings. The van der Waals surface area contributed by atoms with Gasteiger partial charge in [0.1, 0.15) is 0 Å². The lowest BCUT2D eigenvalue weighted by atomic mass is 10.1. The summed E-state index contributed by atoms with van der Waals surface area (Å²) in [5, 5.41) is 5.00. The quantitative estimate of drug-likeness (QED) is 0.360. The van der Waals surface area contributed by atoms with Crippen LogP contribution in [0.2, 0.25) is 10.0 Å². The Morgan fingerprint density at radius 2 is 1.81 bits per heavy atom. The fourth-order valence-electron chi connectivity index (χ4n) is 2.35. The van der Waals surface area contributed by atoms with Crippen LogP contribution in [-0.4, -0.2) is 15.7 Å². The predicted octanol–water partition coefficient (Wildman–Crippen LogP) is 3.57. The minimum atomic E-state index is -0.783. The van der Waals surface area contributed by atoms with Gasteiger partial charge >= 0.3 is 0 Å². The summed E-state index contributed by atoms with van der Waals surface area (Å²) in [5.74, 6) is 4.36. The molecule has 0 bridgehead atoms. The Labute approximate surface area is 166 Å². The monoisotopic (exact) mass is 452 g/mol. The second-order valence-corrected chi connectivity index (χ2v) is 6.99. The van der Waals surface area contributed by atoms with Crippen LogP contribution in [0.25, 0.3) is 16.9 Å². The highest BCUT2D eigenvalue weighted by Gasteiger charge is 2.18. The van der Waals surface area contributed by atoms with E-state index in [1.807, 2.05) is 17.6 Å². The lowest BCUT2D eigenvalue weighted by Gasteiger charge is -2.15. The molecular formula is C17H11BrCl2N4O2. The van der Waals surface area contributed by atoms with Crippen LogP contribution in [-0.2, 0) is 0 Å². The van der Waals surface area contributed by atoms with E-state index >= 15 is 0 Å². The van der Waals surface area contributed by atoms with Gasteiger partial charge in [-0.05, 0) is 42.5 Å². The second kappa shape index (κ2) is 7.59. The molecule has 0 aliphatic carbocycles. The van der Waals surface area contributed by atoms with Crippen LogP contribution >= 0.6 is 39.1 Å². The van der Waals surface area contributed by atoms with E-state index in [4.69, 9.17) is 29.0 Å². The van der Waals surface area contributed by atoms with Crippen LogP contribution in [0.15, 0.2) is 57.8 Å². The normalized spacial score (nSPS) is 10.6. The molecule has 0 spiro atoms. The molecule has 3 aromatic rings. The van der Waals surface area contributed by atoms with Gasteiger partial charge in [0, 0.05) is 21.1 Å². The third-order valence-electron chi connectivity index (χ3n) is 3.55. The lowest BCUT2D eigenvalue weighted by molar-refractivity contribution is 0.0946. The number of nitrogens with zero attached hydrogens (tertiary/aromatic N) is 2. The summed E-state index contributed by atoms with van der Waals surface area (Å²) >= 11 is 15.6. The number of amides is 1. The maximum absolute atomic E-state index is 12.4. The maximum Gasteiger partial charge on any atom is 0.289 e. The summed E-state index contributed by atoms with van der Waals surface area (Å²) in [4.78, 5) is 24.2. The Hall–Kier alpha value is -2.19. The van der Waals surface area contributed by atoms with Crippen LogP contribution in [0.4, 0.5) is 0 Å². The molecule has 9 heteroatoms. The number of nitrogens with one attached hydrogen (secondary N) is 1. The smallest absolute Gasteiger partial charge is 0.289 e. The molecule has 0 saturated heterocycles. The van der Waals surface area contributed by atoms with Crippen LogP contribution in [0, 0.1) is 0 Å². The molecule has 3 rings (SSSR count). The van der Waals surface area contributed by atoms with E-state index < -0.39 is 11.3 Å². The first-order valence-corrected chi connectivity index (χ1v) is 8.82. The van der Waals surface area contributed by atoms with Crippen LogP contribution in [0.5, 0.6) is 0 Å². The van der Waals surface area contributed by atoms with Crippen molar-refractivity contribution >= 4 is 45.0 Å². The van der Waals surface area contributed by atoms with Gasteiger partial charge in [0.15, 0.2) is 5.69 Å². The van der Waals surface area contributed by atoms with Gasteiger partial charge in [-0.2, -0.15) is 5.10 Å². The van der Waals surface area contributed by atoms with E-state index in [9.17, 15) is 9.59 Å². The summed E-state index contributed by atoms with van der Waals surface area (Å²) in [6, 6.07) is 13.4. The molecule has 0 aliphatic rings. The van der Waals surface area contributed by atoms with Gasteiger partial charge < -0.3 is 0 Å². The van der Waals surface area contributed by atoms with E-state index in [1.165, 1.54) is 10.7 Å². The van der Waals surface area contributed by atoms with Crippen molar-refractivity contribution in [1.29, 1.82) is 0 Å². The van der Waals surface area contributed by atoms with Crippen molar-refractivity contribution in [3.8, 4) is 16.9 Å². The van der Waals surface area contributed by atoms with Gasteiger partial charge in [-0.25, -0.2) is 10.5 Å². The third kappa shape index (κ3) is 3.66. The van der Waals surface area contributed by atoms with Crippen molar-refractivity contribution in [1.82, 2.24) is 15.2 Å². The Morgan fingerprint density at radius 1 is 1.12 bits per heavy atom. The summed E-state index contributed by atoms with van der Waals surface area (Å²) in [6.45, 7) is 0. The average Bonchev–Trinajstić information content (AvgIpc) is 2.62. The second-order valence-electron chi connectivity index (χ2n) is 5.23. The largest absolute Gasteiger partial charge is 0.289 e. The molecule has 1 amide bonds. The highest BCUT2D eigenvalue weighted by Crippen LogP contribution is 2.31. The lowest BCUT2D eigenvalue weighted by Crippen LogP contribution is -2.36. The summed E-state index contributed by atoms with van der Waals surface area (Å²) in [6.07, 6.45) is 0. The van der Waals surface area contributed by atoms with E-state index in [0.29, 0.717) is 27.0 Å². The Morgan fingerprint density at radius 3 is 2.42 bits per heavy atom. The molecule has 1 aromatic heterocycles. The highest BCUT2D eigenvalue weighted by molar-refractivity contribution is 9.10. The zero-order valence-electron chi connectivity index (χ0n) is 13.0. The maximum atomic E-state index is 12.4. The molecule has 0 atom stereocenters. The number of rotatable bonds is 3. The number of benzene rings is 2. The van der Waals surface area contributed by atoms with Crippen LogP contribution in [0.1, 0.15) is 10.5 Å². The van der Waals surface area contributed by atoms with Gasteiger partial charge in [0.05, 0.1) is 16.4 Å². The number of halogens is 3. The van der Waals surface area contributed by atoms with Crippen molar-refractivity contribution in [3.05, 3.63) is 79.0 Å². The summed E-state index contributed by atoms with van der Waals surface area (Å²) in [7, 11) is 0. The van der Waals surface area contributed by atoms with Crippen molar-refractivity contribution in [2.75, 3.05) is 0 Å². The zero-order chi connectivity index (χ0) is 18.8. The fraction of sp³-hybridized carbons (Fsp3) is 0. The Bertz CT molecular complexity index is 1050. The molecule has 26 heavy (non-hydrogen) atoms. The van der Waals surface area contributed by atoms with Gasteiger partial charge in [-0.15, -0.1) is 0 Å². The number of hydrazine groups is 1. The number of hydrogen-bond acceptors (Lipinski definition) is 4. The molecule has 132 valence electrons. The van der Waals surface area contributed by atoms with Gasteiger partial charge in [0.25, 0.3) is 5.91 Å². The van der Waals surface area contributed by atoms with Crippen LogP contribution in [0.3, 0.4) is 0 Å². The van der Waals surface area contributed by atoms with Gasteiger partial charge in [-0.1, -0.05) is 39.1 Å². The summed E-state index contributed by atoms with van der Waals surface area (Å²) < 4.78 is 2.32. The Balaban J connectivity index is 2.32. The first-order valence-electron chi connectivity index (χ1n) is 7.27. The van der Waals surface area contributed by atoms with Gasteiger partial charge in [0.2, 0.25) is 5.43 Å². The summed E-state index contributed by atoms with van der Waals surface area (Å²) in [5.41, 5.74) is 2.59. The molecule has 3 N–H and O–H groups in total. The predicted molar refractivity (Wildman–Crippen MR) is 105 cm³/mol. The van der Waals surface area contributed by atoms with Gasteiger partial charge in [-0.3, -0.25) is 15.0 Å². The molecule has 2 aromatic carbocycles. The molecular weight excluding hydrogens is 443 g/mol. The van der Waals surface area contributed by atoms with E-state index in [1.54, 1.807) is 30.3 Å². The molecule has 0 radical (unpaired) electrons. The number of nitrogens with two attached hydrogens (primary N) is 1.